The first-order valence-electron chi connectivity index (χ1n) is 10.00. The number of nitrogens with one attached hydrogen (secondary N) is 2. The standard InChI is InChI=1S/C24H26N2O4S/c1-18(2)20-8-12-22(13-9-20)30-17-24(27)26-21-10-14-23(15-11-21)31(28,29)25-16-19-6-4-3-5-7-19/h3-15,18,25H,16-17H2,1-2H3,(H,26,27). The zero-order valence-corrected chi connectivity index (χ0v) is 18.4. The zero-order valence-electron chi connectivity index (χ0n) is 17.5. The van der Waals surface area contributed by atoms with E-state index in [0.29, 0.717) is 17.4 Å². The van der Waals surface area contributed by atoms with Crippen molar-refractivity contribution in [2.75, 3.05) is 11.9 Å². The molecule has 3 aromatic rings. The van der Waals surface area contributed by atoms with Crippen molar-refractivity contribution in [3.8, 4) is 5.75 Å². The van der Waals surface area contributed by atoms with Crippen molar-refractivity contribution in [2.24, 2.45) is 0 Å². The number of hydrogen-bond acceptors (Lipinski definition) is 4. The highest BCUT2D eigenvalue weighted by atomic mass is 32.2. The van der Waals surface area contributed by atoms with Crippen LogP contribution in [0, 0.1) is 0 Å². The van der Waals surface area contributed by atoms with Gasteiger partial charge in [0.1, 0.15) is 5.75 Å². The average Bonchev–Trinajstić information content (AvgIpc) is 2.78. The predicted octanol–water partition coefficient (Wildman–Crippen LogP) is 4.31. The molecule has 0 fully saturated rings. The van der Waals surface area contributed by atoms with Gasteiger partial charge in [-0.2, -0.15) is 0 Å². The van der Waals surface area contributed by atoms with E-state index < -0.39 is 10.0 Å². The highest BCUT2D eigenvalue weighted by Crippen LogP contribution is 2.19. The summed E-state index contributed by atoms with van der Waals surface area (Å²) >= 11 is 0. The van der Waals surface area contributed by atoms with Crippen LogP contribution in [-0.4, -0.2) is 20.9 Å². The average molecular weight is 439 g/mol. The van der Waals surface area contributed by atoms with Crippen LogP contribution in [0.4, 0.5) is 5.69 Å². The Hall–Kier alpha value is -3.16. The van der Waals surface area contributed by atoms with Gasteiger partial charge in [-0.3, -0.25) is 4.79 Å². The second kappa shape index (κ2) is 10.2. The van der Waals surface area contributed by atoms with Crippen molar-refractivity contribution in [2.45, 2.75) is 31.2 Å². The van der Waals surface area contributed by atoms with E-state index in [-0.39, 0.29) is 24.0 Å². The molecule has 0 aliphatic rings. The van der Waals surface area contributed by atoms with E-state index in [4.69, 9.17) is 4.74 Å². The molecule has 3 rings (SSSR count). The Kier molecular flexibility index (Phi) is 7.44. The molecule has 0 heterocycles. The molecule has 0 atom stereocenters. The van der Waals surface area contributed by atoms with Gasteiger partial charge in [0.25, 0.3) is 5.91 Å². The van der Waals surface area contributed by atoms with Crippen LogP contribution in [0.1, 0.15) is 30.9 Å². The summed E-state index contributed by atoms with van der Waals surface area (Å²) in [7, 11) is -3.65. The predicted molar refractivity (Wildman–Crippen MR) is 122 cm³/mol. The van der Waals surface area contributed by atoms with Crippen molar-refractivity contribution in [3.63, 3.8) is 0 Å². The molecular formula is C24H26N2O4S. The van der Waals surface area contributed by atoms with Crippen molar-refractivity contribution in [1.82, 2.24) is 4.72 Å². The van der Waals surface area contributed by atoms with Crippen molar-refractivity contribution in [3.05, 3.63) is 90.0 Å². The fourth-order valence-corrected chi connectivity index (χ4v) is 3.89. The van der Waals surface area contributed by atoms with E-state index >= 15 is 0 Å². The smallest absolute Gasteiger partial charge is 0.262 e. The number of carbonyl (C=O) groups excluding carboxylic acids is 1. The van der Waals surface area contributed by atoms with Crippen LogP contribution in [-0.2, 0) is 21.4 Å². The van der Waals surface area contributed by atoms with Crippen molar-refractivity contribution >= 4 is 21.6 Å². The maximum absolute atomic E-state index is 12.4. The molecule has 7 heteroatoms. The summed E-state index contributed by atoms with van der Waals surface area (Å²) in [5, 5.41) is 2.70. The summed E-state index contributed by atoms with van der Waals surface area (Å²) in [4.78, 5) is 12.3. The monoisotopic (exact) mass is 438 g/mol. The first-order valence-corrected chi connectivity index (χ1v) is 11.5. The first kappa shape index (κ1) is 22.5. The van der Waals surface area contributed by atoms with Crippen molar-refractivity contribution < 1.29 is 17.9 Å². The summed E-state index contributed by atoms with van der Waals surface area (Å²) < 4.78 is 33.0. The lowest BCUT2D eigenvalue weighted by Crippen LogP contribution is -2.23. The minimum absolute atomic E-state index is 0.128. The van der Waals surface area contributed by atoms with E-state index in [0.717, 1.165) is 5.56 Å². The van der Waals surface area contributed by atoms with Gasteiger partial charge in [0.05, 0.1) is 4.90 Å². The maximum atomic E-state index is 12.4. The van der Waals surface area contributed by atoms with Gasteiger partial charge in [-0.1, -0.05) is 56.3 Å². The van der Waals surface area contributed by atoms with Gasteiger partial charge in [0.2, 0.25) is 10.0 Å². The maximum Gasteiger partial charge on any atom is 0.262 e. The Morgan fingerprint density at radius 2 is 1.55 bits per heavy atom. The molecule has 0 bridgehead atoms. The molecule has 162 valence electrons. The van der Waals surface area contributed by atoms with E-state index in [1.165, 1.54) is 17.7 Å². The minimum atomic E-state index is -3.65. The minimum Gasteiger partial charge on any atom is -0.484 e. The van der Waals surface area contributed by atoms with Crippen LogP contribution in [0.3, 0.4) is 0 Å². The molecule has 0 saturated heterocycles. The Balaban J connectivity index is 1.51. The lowest BCUT2D eigenvalue weighted by molar-refractivity contribution is -0.118. The molecule has 0 saturated carbocycles. The summed E-state index contributed by atoms with van der Waals surface area (Å²) in [6.45, 7) is 4.29. The van der Waals surface area contributed by atoms with E-state index in [1.54, 1.807) is 12.1 Å². The van der Waals surface area contributed by atoms with Gasteiger partial charge < -0.3 is 10.1 Å². The van der Waals surface area contributed by atoms with Crippen LogP contribution in [0.5, 0.6) is 5.75 Å². The third-order valence-corrected chi connectivity index (χ3v) is 6.09. The highest BCUT2D eigenvalue weighted by Gasteiger charge is 2.14. The summed E-state index contributed by atoms with van der Waals surface area (Å²) in [5.41, 5.74) is 2.56. The quantitative estimate of drug-likeness (QED) is 0.522. The number of anilines is 1. The third kappa shape index (κ3) is 6.67. The first-order chi connectivity index (χ1) is 14.8. The fraction of sp³-hybridized carbons (Fsp3) is 0.208. The zero-order chi connectivity index (χ0) is 22.3. The van der Waals surface area contributed by atoms with Crippen LogP contribution in [0.25, 0.3) is 0 Å². The number of benzene rings is 3. The molecule has 0 unspecified atom stereocenters. The Morgan fingerprint density at radius 3 is 2.16 bits per heavy atom. The number of ether oxygens (including phenoxy) is 1. The topological polar surface area (TPSA) is 84.5 Å². The Labute approximate surface area is 183 Å². The van der Waals surface area contributed by atoms with Gasteiger partial charge >= 0.3 is 0 Å². The Morgan fingerprint density at radius 1 is 0.903 bits per heavy atom. The summed E-state index contributed by atoms with van der Waals surface area (Å²) in [6.07, 6.45) is 0. The largest absolute Gasteiger partial charge is 0.484 e. The molecule has 0 aliphatic carbocycles. The van der Waals surface area contributed by atoms with Crippen LogP contribution < -0.4 is 14.8 Å². The molecule has 2 N–H and O–H groups in total. The number of hydrogen-bond donors (Lipinski definition) is 2. The second-order valence-corrected chi connectivity index (χ2v) is 9.16. The lowest BCUT2D eigenvalue weighted by atomic mass is 10.0. The number of amides is 1. The molecule has 3 aromatic carbocycles. The molecule has 31 heavy (non-hydrogen) atoms. The molecule has 1 amide bonds. The van der Waals surface area contributed by atoms with Gasteiger partial charge in [0, 0.05) is 12.2 Å². The Bertz CT molecular complexity index is 1090. The second-order valence-electron chi connectivity index (χ2n) is 7.40. The van der Waals surface area contributed by atoms with Gasteiger partial charge in [0.15, 0.2) is 6.61 Å². The highest BCUT2D eigenvalue weighted by molar-refractivity contribution is 7.89. The number of sulfonamides is 1. The lowest BCUT2D eigenvalue weighted by Gasteiger charge is -2.10. The summed E-state index contributed by atoms with van der Waals surface area (Å²) in [6, 6.07) is 22.9. The van der Waals surface area contributed by atoms with Gasteiger partial charge in [-0.05, 0) is 53.4 Å². The molecule has 6 nitrogen and oxygen atoms in total. The van der Waals surface area contributed by atoms with Gasteiger partial charge in [-0.25, -0.2) is 13.1 Å². The van der Waals surface area contributed by atoms with Crippen molar-refractivity contribution in [1.29, 1.82) is 0 Å². The van der Waals surface area contributed by atoms with E-state index in [9.17, 15) is 13.2 Å². The normalized spacial score (nSPS) is 11.3. The molecule has 0 radical (unpaired) electrons. The molecular weight excluding hydrogens is 412 g/mol. The van der Waals surface area contributed by atoms with Gasteiger partial charge in [-0.15, -0.1) is 0 Å². The molecule has 0 aliphatic heterocycles. The van der Waals surface area contributed by atoms with Crippen LogP contribution in [0.2, 0.25) is 0 Å². The molecule has 0 spiro atoms. The summed E-state index contributed by atoms with van der Waals surface area (Å²) in [5.74, 6) is 0.717. The number of carbonyl (C=O) groups is 1. The van der Waals surface area contributed by atoms with E-state index in [1.807, 2.05) is 54.6 Å². The third-order valence-electron chi connectivity index (χ3n) is 4.67. The molecule has 0 aromatic heterocycles. The fourth-order valence-electron chi connectivity index (χ4n) is 2.87. The van der Waals surface area contributed by atoms with E-state index in [2.05, 4.69) is 23.9 Å². The van der Waals surface area contributed by atoms with Crippen LogP contribution >= 0.6 is 0 Å². The SMILES string of the molecule is CC(C)c1ccc(OCC(=O)Nc2ccc(S(=O)(=O)NCc3ccccc3)cc2)cc1. The van der Waals surface area contributed by atoms with Crippen LogP contribution in [0.15, 0.2) is 83.8 Å². The number of rotatable bonds is 9.